The van der Waals surface area contributed by atoms with Gasteiger partial charge in [0.15, 0.2) is 0 Å². The van der Waals surface area contributed by atoms with E-state index in [0.29, 0.717) is 12.2 Å². The zero-order chi connectivity index (χ0) is 15.5. The highest BCUT2D eigenvalue weighted by Crippen LogP contribution is 2.29. The van der Waals surface area contributed by atoms with Crippen LogP contribution in [0.15, 0.2) is 58.3 Å². The molecule has 2 aliphatic heterocycles. The molecule has 2 heterocycles. The van der Waals surface area contributed by atoms with Crippen molar-refractivity contribution < 1.29 is 9.47 Å². The van der Waals surface area contributed by atoms with Crippen molar-refractivity contribution in [2.24, 2.45) is 0 Å². The standard InChI is InChI=1S/C19H20O2S2/c1-5-18(22-10-9-16-11-20-16)6-2-14(1)15-3-7-19(8-4-15)23-13-17-12-21-17/h1-8,16-17H,9-13H2. The van der Waals surface area contributed by atoms with Gasteiger partial charge in [0.05, 0.1) is 25.4 Å². The Bertz CT molecular complexity index is 631. The molecule has 2 nitrogen and oxygen atoms in total. The van der Waals surface area contributed by atoms with Crippen molar-refractivity contribution >= 4 is 23.5 Å². The first-order chi connectivity index (χ1) is 11.4. The van der Waals surface area contributed by atoms with Crippen LogP contribution in [-0.2, 0) is 9.47 Å². The van der Waals surface area contributed by atoms with Gasteiger partial charge in [-0.15, -0.1) is 23.5 Å². The maximum atomic E-state index is 5.25. The molecule has 0 bridgehead atoms. The van der Waals surface area contributed by atoms with Crippen LogP contribution < -0.4 is 0 Å². The maximum absolute atomic E-state index is 5.25. The second-order valence-electron chi connectivity index (χ2n) is 5.91. The van der Waals surface area contributed by atoms with Crippen LogP contribution in [0.5, 0.6) is 0 Å². The third kappa shape index (κ3) is 4.77. The average Bonchev–Trinajstić information content (AvgIpc) is 3.49. The number of ether oxygens (including phenoxy) is 2. The van der Waals surface area contributed by atoms with E-state index in [2.05, 4.69) is 48.5 Å². The van der Waals surface area contributed by atoms with Crippen molar-refractivity contribution in [2.45, 2.75) is 28.4 Å². The minimum absolute atomic E-state index is 0.483. The molecule has 0 N–H and O–H groups in total. The van der Waals surface area contributed by atoms with Crippen LogP contribution in [0.1, 0.15) is 6.42 Å². The normalized spacial score (nSPS) is 22.1. The lowest BCUT2D eigenvalue weighted by molar-refractivity contribution is 0.404. The summed E-state index contributed by atoms with van der Waals surface area (Å²) < 4.78 is 10.5. The van der Waals surface area contributed by atoms with Crippen molar-refractivity contribution in [3.63, 3.8) is 0 Å². The van der Waals surface area contributed by atoms with E-state index in [1.54, 1.807) is 0 Å². The first kappa shape index (κ1) is 15.6. The van der Waals surface area contributed by atoms with Crippen molar-refractivity contribution in [3.05, 3.63) is 48.5 Å². The summed E-state index contributed by atoms with van der Waals surface area (Å²) in [6.07, 6.45) is 2.18. The third-order valence-electron chi connectivity index (χ3n) is 3.99. The highest BCUT2D eigenvalue weighted by Gasteiger charge is 2.22. The molecule has 0 saturated carbocycles. The Kier molecular flexibility index (Phi) is 4.95. The van der Waals surface area contributed by atoms with Crippen molar-refractivity contribution in [3.8, 4) is 11.1 Å². The molecule has 2 aromatic carbocycles. The molecular weight excluding hydrogens is 324 g/mol. The average molecular weight is 345 g/mol. The predicted octanol–water partition coefficient (Wildman–Crippen LogP) is 4.73. The van der Waals surface area contributed by atoms with Crippen molar-refractivity contribution in [1.29, 1.82) is 0 Å². The van der Waals surface area contributed by atoms with Crippen molar-refractivity contribution in [1.82, 2.24) is 0 Å². The summed E-state index contributed by atoms with van der Waals surface area (Å²) >= 11 is 3.79. The maximum Gasteiger partial charge on any atom is 0.0903 e. The fraction of sp³-hybridized carbons (Fsp3) is 0.368. The van der Waals surface area contributed by atoms with E-state index in [-0.39, 0.29) is 0 Å². The lowest BCUT2D eigenvalue weighted by atomic mass is 10.1. The molecule has 2 atom stereocenters. The summed E-state index contributed by atoms with van der Waals surface area (Å²) in [5.74, 6) is 2.21. The van der Waals surface area contributed by atoms with Gasteiger partial charge in [-0.1, -0.05) is 24.3 Å². The van der Waals surface area contributed by atoms with Crippen LogP contribution in [0, 0.1) is 0 Å². The molecule has 0 aliphatic carbocycles. The first-order valence-corrected chi connectivity index (χ1v) is 10.0. The van der Waals surface area contributed by atoms with E-state index in [9.17, 15) is 0 Å². The Morgan fingerprint density at radius 2 is 1.26 bits per heavy atom. The van der Waals surface area contributed by atoms with Crippen LogP contribution in [0.25, 0.3) is 11.1 Å². The van der Waals surface area contributed by atoms with Gasteiger partial charge >= 0.3 is 0 Å². The van der Waals surface area contributed by atoms with Gasteiger partial charge < -0.3 is 9.47 Å². The van der Waals surface area contributed by atoms with Gasteiger partial charge in [-0.2, -0.15) is 0 Å². The number of hydrogen-bond donors (Lipinski definition) is 0. The molecule has 0 spiro atoms. The van der Waals surface area contributed by atoms with E-state index in [0.717, 1.165) is 31.1 Å². The van der Waals surface area contributed by atoms with Gasteiger partial charge in [0.1, 0.15) is 0 Å². The quantitative estimate of drug-likeness (QED) is 0.511. The summed E-state index contributed by atoms with van der Waals surface area (Å²) in [5.41, 5.74) is 2.56. The summed E-state index contributed by atoms with van der Waals surface area (Å²) in [7, 11) is 0. The Balaban J connectivity index is 1.32. The molecule has 0 amide bonds. The van der Waals surface area contributed by atoms with E-state index < -0.39 is 0 Å². The highest BCUT2D eigenvalue weighted by molar-refractivity contribution is 7.99. The Hall–Kier alpha value is -0.940. The van der Waals surface area contributed by atoms with Crippen LogP contribution in [0.3, 0.4) is 0 Å². The van der Waals surface area contributed by atoms with Crippen LogP contribution in [-0.4, -0.2) is 36.9 Å². The molecule has 2 aliphatic rings. The van der Waals surface area contributed by atoms with Crippen molar-refractivity contribution in [2.75, 3.05) is 24.7 Å². The Morgan fingerprint density at radius 1 is 0.739 bits per heavy atom. The van der Waals surface area contributed by atoms with E-state index in [1.165, 1.54) is 20.9 Å². The monoisotopic (exact) mass is 344 g/mol. The first-order valence-electron chi connectivity index (χ1n) is 8.06. The van der Waals surface area contributed by atoms with Gasteiger partial charge in [-0.25, -0.2) is 0 Å². The number of thioether (sulfide) groups is 2. The minimum Gasteiger partial charge on any atom is -0.373 e. The number of benzene rings is 2. The lowest BCUT2D eigenvalue weighted by Gasteiger charge is -2.06. The summed E-state index contributed by atoms with van der Waals surface area (Å²) in [6.45, 7) is 1.89. The predicted molar refractivity (Wildman–Crippen MR) is 97.4 cm³/mol. The topological polar surface area (TPSA) is 25.1 Å². The second kappa shape index (κ2) is 7.31. The van der Waals surface area contributed by atoms with Crippen LogP contribution in [0.4, 0.5) is 0 Å². The van der Waals surface area contributed by atoms with E-state index >= 15 is 0 Å². The van der Waals surface area contributed by atoms with Gasteiger partial charge in [0.2, 0.25) is 0 Å². The fourth-order valence-electron chi connectivity index (χ4n) is 2.38. The molecule has 2 fully saturated rings. The third-order valence-corrected chi connectivity index (χ3v) is 6.18. The molecule has 4 rings (SSSR count). The van der Waals surface area contributed by atoms with Gasteiger partial charge in [-0.05, 0) is 41.8 Å². The molecular formula is C19H20O2S2. The van der Waals surface area contributed by atoms with Crippen LogP contribution >= 0.6 is 23.5 Å². The minimum atomic E-state index is 0.483. The zero-order valence-electron chi connectivity index (χ0n) is 12.9. The molecule has 0 aromatic heterocycles. The smallest absolute Gasteiger partial charge is 0.0903 e. The molecule has 0 radical (unpaired) electrons. The van der Waals surface area contributed by atoms with Gasteiger partial charge in [0, 0.05) is 21.3 Å². The summed E-state index contributed by atoms with van der Waals surface area (Å²) in [5, 5.41) is 0. The van der Waals surface area contributed by atoms with E-state index in [4.69, 9.17) is 9.47 Å². The molecule has 23 heavy (non-hydrogen) atoms. The number of rotatable bonds is 8. The van der Waals surface area contributed by atoms with Gasteiger partial charge in [-0.3, -0.25) is 0 Å². The lowest BCUT2D eigenvalue weighted by Crippen LogP contribution is -1.88. The largest absolute Gasteiger partial charge is 0.373 e. The fourth-order valence-corrected chi connectivity index (χ4v) is 4.23. The molecule has 120 valence electrons. The zero-order valence-corrected chi connectivity index (χ0v) is 14.6. The Morgan fingerprint density at radius 3 is 1.78 bits per heavy atom. The van der Waals surface area contributed by atoms with Crippen LogP contribution in [0.2, 0.25) is 0 Å². The molecule has 2 unspecified atom stereocenters. The summed E-state index contributed by atoms with van der Waals surface area (Å²) in [6, 6.07) is 17.7. The SMILES string of the molecule is c1cc(-c2ccc(SCC3CO3)cc2)ccc1SCCC1CO1. The van der Waals surface area contributed by atoms with Gasteiger partial charge in [0.25, 0.3) is 0 Å². The van der Waals surface area contributed by atoms with E-state index in [1.807, 2.05) is 23.5 Å². The molecule has 4 heteroatoms. The number of hydrogen-bond acceptors (Lipinski definition) is 4. The Labute approximate surface area is 146 Å². The molecule has 2 saturated heterocycles. The number of epoxide rings is 2. The molecule has 2 aromatic rings. The summed E-state index contributed by atoms with van der Waals surface area (Å²) in [4.78, 5) is 2.66. The highest BCUT2D eigenvalue weighted by atomic mass is 32.2. The second-order valence-corrected chi connectivity index (χ2v) is 8.17.